The van der Waals surface area contributed by atoms with Gasteiger partial charge in [0, 0.05) is 42.7 Å². The van der Waals surface area contributed by atoms with E-state index < -0.39 is 0 Å². The number of thioether (sulfide) groups is 1. The van der Waals surface area contributed by atoms with E-state index in [0.29, 0.717) is 17.2 Å². The number of halogens is 1. The Morgan fingerprint density at radius 1 is 1.03 bits per heavy atom. The normalized spacial score (nSPS) is 11.1. The molecule has 6 nitrogen and oxygen atoms in total. The molecule has 0 atom stereocenters. The van der Waals surface area contributed by atoms with Crippen molar-refractivity contribution in [2.24, 2.45) is 7.05 Å². The van der Waals surface area contributed by atoms with Crippen LogP contribution in [0, 0.1) is 5.82 Å². The molecule has 0 aliphatic rings. The number of anilines is 1. The Morgan fingerprint density at radius 3 is 2.52 bits per heavy atom. The largest absolute Gasteiger partial charge is 0.444 e. The van der Waals surface area contributed by atoms with Crippen molar-refractivity contribution in [1.82, 2.24) is 19.7 Å². The molecule has 0 bridgehead atoms. The predicted molar refractivity (Wildman–Crippen MR) is 121 cm³/mol. The van der Waals surface area contributed by atoms with E-state index in [4.69, 9.17) is 4.42 Å². The molecular weight excluding hydrogens is 413 g/mol. The highest BCUT2D eigenvalue weighted by Gasteiger charge is 2.14. The van der Waals surface area contributed by atoms with Crippen molar-refractivity contribution in [2.45, 2.75) is 24.8 Å². The minimum atomic E-state index is -0.316. The van der Waals surface area contributed by atoms with Crippen LogP contribution in [-0.2, 0) is 12.8 Å². The lowest BCUT2D eigenvalue weighted by Crippen LogP contribution is -2.21. The molecule has 4 rings (SSSR count). The van der Waals surface area contributed by atoms with Crippen LogP contribution in [-0.4, -0.2) is 32.8 Å². The summed E-state index contributed by atoms with van der Waals surface area (Å²) in [6.07, 6.45) is 1.59. The zero-order valence-corrected chi connectivity index (χ0v) is 18.6. The molecule has 31 heavy (non-hydrogen) atoms. The summed E-state index contributed by atoms with van der Waals surface area (Å²) in [4.78, 5) is 6.76. The molecule has 2 heterocycles. The summed E-state index contributed by atoms with van der Waals surface area (Å²) in [5, 5.41) is 9.49. The van der Waals surface area contributed by atoms with E-state index in [-0.39, 0.29) is 5.82 Å². The fraction of sp³-hybridized carbons (Fsp3) is 0.261. The first-order chi connectivity index (χ1) is 15.1. The van der Waals surface area contributed by atoms with Crippen molar-refractivity contribution >= 4 is 17.4 Å². The Morgan fingerprint density at radius 2 is 1.81 bits per heavy atom. The molecule has 2 aromatic heterocycles. The van der Waals surface area contributed by atoms with Crippen molar-refractivity contribution in [3.63, 3.8) is 0 Å². The van der Waals surface area contributed by atoms with E-state index in [1.807, 2.05) is 11.6 Å². The van der Waals surface area contributed by atoms with Crippen LogP contribution in [0.2, 0.25) is 0 Å². The van der Waals surface area contributed by atoms with Crippen LogP contribution in [0.4, 0.5) is 10.1 Å². The molecule has 0 unspecified atom stereocenters. The quantitative estimate of drug-likeness (QED) is 0.343. The number of nitrogens with zero attached hydrogens (tertiary/aromatic N) is 5. The van der Waals surface area contributed by atoms with Crippen molar-refractivity contribution in [1.29, 1.82) is 0 Å². The first-order valence-electron chi connectivity index (χ1n) is 10.2. The summed E-state index contributed by atoms with van der Waals surface area (Å²) in [7, 11) is 1.96. The maximum Gasteiger partial charge on any atom is 0.226 e. The van der Waals surface area contributed by atoms with Gasteiger partial charge in [-0.25, -0.2) is 9.37 Å². The summed E-state index contributed by atoms with van der Waals surface area (Å²) in [6.45, 7) is 6.26. The van der Waals surface area contributed by atoms with Crippen molar-refractivity contribution < 1.29 is 8.81 Å². The summed E-state index contributed by atoms with van der Waals surface area (Å²) >= 11 is 1.53. The van der Waals surface area contributed by atoms with Gasteiger partial charge in [0.2, 0.25) is 5.89 Å². The van der Waals surface area contributed by atoms with E-state index in [2.05, 4.69) is 58.2 Å². The van der Waals surface area contributed by atoms with E-state index in [0.717, 1.165) is 35.3 Å². The molecule has 0 amide bonds. The minimum Gasteiger partial charge on any atom is -0.444 e. The van der Waals surface area contributed by atoms with Gasteiger partial charge in [0.25, 0.3) is 0 Å². The fourth-order valence-electron chi connectivity index (χ4n) is 3.37. The van der Waals surface area contributed by atoms with Crippen molar-refractivity contribution in [2.75, 3.05) is 18.0 Å². The number of benzene rings is 2. The first-order valence-corrected chi connectivity index (χ1v) is 11.2. The molecular formula is C23H24FN5OS. The van der Waals surface area contributed by atoms with Crippen LogP contribution in [0.3, 0.4) is 0 Å². The highest BCUT2D eigenvalue weighted by atomic mass is 32.2. The van der Waals surface area contributed by atoms with Crippen LogP contribution in [0.5, 0.6) is 0 Å². The molecule has 4 aromatic rings. The second-order valence-electron chi connectivity index (χ2n) is 7.03. The van der Waals surface area contributed by atoms with Gasteiger partial charge < -0.3 is 13.9 Å². The number of hydrogen-bond acceptors (Lipinski definition) is 6. The molecule has 0 spiro atoms. The summed E-state index contributed by atoms with van der Waals surface area (Å²) in [5.74, 6) is 1.48. The smallest absolute Gasteiger partial charge is 0.226 e. The summed E-state index contributed by atoms with van der Waals surface area (Å²) in [6, 6.07) is 14.6. The van der Waals surface area contributed by atoms with Crippen LogP contribution < -0.4 is 4.90 Å². The highest BCUT2D eigenvalue weighted by molar-refractivity contribution is 7.98. The SMILES string of the molecule is CCN(CC)c1ccc(-c2nnc(SCc3coc(-c4cccc(F)c4)n3)n2C)cc1. The zero-order chi connectivity index (χ0) is 21.8. The molecule has 0 saturated carbocycles. The number of oxazole rings is 1. The van der Waals surface area contributed by atoms with Gasteiger partial charge in [-0.3, -0.25) is 0 Å². The Balaban J connectivity index is 1.44. The second kappa shape index (κ2) is 9.34. The zero-order valence-electron chi connectivity index (χ0n) is 17.7. The molecule has 0 fully saturated rings. The molecule has 0 radical (unpaired) electrons. The lowest BCUT2D eigenvalue weighted by molar-refractivity contribution is 0.571. The first kappa shape index (κ1) is 21.1. The third-order valence-corrected chi connectivity index (χ3v) is 6.12. The van der Waals surface area contributed by atoms with Gasteiger partial charge in [-0.2, -0.15) is 0 Å². The monoisotopic (exact) mass is 437 g/mol. The topological polar surface area (TPSA) is 60.0 Å². The number of hydrogen-bond donors (Lipinski definition) is 0. The third-order valence-electron chi connectivity index (χ3n) is 5.06. The van der Waals surface area contributed by atoms with Crippen LogP contribution >= 0.6 is 11.8 Å². The standard InChI is InChI=1S/C23H24FN5OS/c1-4-29(5-2)20-11-9-16(10-12-20)21-26-27-23(28(21)3)31-15-19-14-30-22(25-19)17-7-6-8-18(24)13-17/h6-14H,4-5,15H2,1-3H3. The van der Waals surface area contributed by atoms with E-state index in [1.54, 1.807) is 18.4 Å². The van der Waals surface area contributed by atoms with Crippen LogP contribution in [0.15, 0.2) is 64.4 Å². The van der Waals surface area contributed by atoms with E-state index >= 15 is 0 Å². The van der Waals surface area contributed by atoms with Gasteiger partial charge >= 0.3 is 0 Å². The van der Waals surface area contributed by atoms with Crippen molar-refractivity contribution in [3.05, 3.63) is 66.3 Å². The molecule has 0 saturated heterocycles. The third kappa shape index (κ3) is 4.64. The fourth-order valence-corrected chi connectivity index (χ4v) is 4.16. The Kier molecular flexibility index (Phi) is 6.36. The molecule has 160 valence electrons. The van der Waals surface area contributed by atoms with Gasteiger partial charge in [-0.15, -0.1) is 10.2 Å². The minimum absolute atomic E-state index is 0.316. The van der Waals surface area contributed by atoms with Crippen LogP contribution in [0.25, 0.3) is 22.8 Å². The van der Waals surface area contributed by atoms with Gasteiger partial charge in [0.15, 0.2) is 11.0 Å². The Labute approximate surface area is 185 Å². The molecule has 0 aliphatic carbocycles. The molecule has 0 N–H and O–H groups in total. The Hall–Kier alpha value is -3.13. The average Bonchev–Trinajstić information content (AvgIpc) is 3.40. The number of rotatable bonds is 8. The van der Waals surface area contributed by atoms with Gasteiger partial charge in [0.05, 0.1) is 5.69 Å². The summed E-state index contributed by atoms with van der Waals surface area (Å²) < 4.78 is 20.9. The maximum atomic E-state index is 13.4. The molecule has 8 heteroatoms. The van der Waals surface area contributed by atoms with Crippen LogP contribution in [0.1, 0.15) is 19.5 Å². The second-order valence-corrected chi connectivity index (χ2v) is 7.97. The molecule has 0 aliphatic heterocycles. The lowest BCUT2D eigenvalue weighted by atomic mass is 10.2. The van der Waals surface area contributed by atoms with Crippen molar-refractivity contribution in [3.8, 4) is 22.8 Å². The maximum absolute atomic E-state index is 13.4. The highest BCUT2D eigenvalue weighted by Crippen LogP contribution is 2.28. The lowest BCUT2D eigenvalue weighted by Gasteiger charge is -2.21. The summed E-state index contributed by atoms with van der Waals surface area (Å²) in [5.41, 5.74) is 3.60. The molecule has 2 aromatic carbocycles. The number of aromatic nitrogens is 4. The Bertz CT molecular complexity index is 1150. The van der Waals surface area contributed by atoms with Gasteiger partial charge in [-0.05, 0) is 56.3 Å². The van der Waals surface area contributed by atoms with Gasteiger partial charge in [-0.1, -0.05) is 17.8 Å². The predicted octanol–water partition coefficient (Wildman–Crippen LogP) is 5.41. The van der Waals surface area contributed by atoms with Gasteiger partial charge in [0.1, 0.15) is 12.1 Å². The van der Waals surface area contributed by atoms with E-state index in [9.17, 15) is 4.39 Å². The van der Waals surface area contributed by atoms with E-state index in [1.165, 1.54) is 29.6 Å². The average molecular weight is 438 g/mol.